The van der Waals surface area contributed by atoms with Gasteiger partial charge in [-0.1, -0.05) is 11.6 Å². The zero-order valence-corrected chi connectivity index (χ0v) is 12.6. The van der Waals surface area contributed by atoms with Crippen LogP contribution in [0.25, 0.3) is 0 Å². The number of halogens is 2. The molecule has 6 nitrogen and oxygen atoms in total. The standard InChI is InChI=1S/C14H17ClFN3O3/c15-11-7-10(1-2-12(11)16)19-6-4-9(8-19)18-14(22)17-5-3-13(20)21/h1-2,7,9H,3-6,8H2,(H,20,21)(H2,17,18,22). The Morgan fingerprint density at radius 3 is 2.91 bits per heavy atom. The van der Waals surface area contributed by atoms with E-state index in [0.717, 1.165) is 18.7 Å². The quantitative estimate of drug-likeness (QED) is 0.770. The van der Waals surface area contributed by atoms with E-state index in [-0.39, 0.29) is 30.1 Å². The Hall–Kier alpha value is -2.02. The molecule has 0 bridgehead atoms. The van der Waals surface area contributed by atoms with E-state index in [4.69, 9.17) is 16.7 Å². The number of hydrogen-bond donors (Lipinski definition) is 3. The Kier molecular flexibility index (Phi) is 5.43. The number of carbonyl (C=O) groups excluding carboxylic acids is 1. The van der Waals surface area contributed by atoms with Crippen molar-refractivity contribution in [2.45, 2.75) is 18.9 Å². The average molecular weight is 330 g/mol. The summed E-state index contributed by atoms with van der Waals surface area (Å²) in [6.07, 6.45) is 0.639. The van der Waals surface area contributed by atoms with Crippen LogP contribution in [0.2, 0.25) is 5.02 Å². The topological polar surface area (TPSA) is 81.7 Å². The second-order valence-corrected chi connectivity index (χ2v) is 5.48. The van der Waals surface area contributed by atoms with Gasteiger partial charge >= 0.3 is 12.0 Å². The molecule has 1 aromatic carbocycles. The highest BCUT2D eigenvalue weighted by molar-refractivity contribution is 6.31. The minimum Gasteiger partial charge on any atom is -0.481 e. The molecule has 1 atom stereocenters. The van der Waals surface area contributed by atoms with E-state index in [2.05, 4.69) is 10.6 Å². The van der Waals surface area contributed by atoms with Crippen LogP contribution in [0.15, 0.2) is 18.2 Å². The molecule has 2 rings (SSSR count). The highest BCUT2D eigenvalue weighted by Gasteiger charge is 2.24. The summed E-state index contributed by atoms with van der Waals surface area (Å²) in [5, 5.41) is 13.8. The highest BCUT2D eigenvalue weighted by atomic mass is 35.5. The van der Waals surface area contributed by atoms with E-state index >= 15 is 0 Å². The number of rotatable bonds is 5. The number of hydrogen-bond acceptors (Lipinski definition) is 3. The van der Waals surface area contributed by atoms with Crippen LogP contribution >= 0.6 is 11.6 Å². The molecule has 22 heavy (non-hydrogen) atoms. The number of anilines is 1. The van der Waals surface area contributed by atoms with Crippen molar-refractivity contribution in [2.75, 3.05) is 24.5 Å². The summed E-state index contributed by atoms with van der Waals surface area (Å²) in [5.41, 5.74) is 0.807. The number of carboxylic acid groups (broad SMARTS) is 1. The van der Waals surface area contributed by atoms with E-state index in [1.165, 1.54) is 6.07 Å². The molecule has 1 fully saturated rings. The van der Waals surface area contributed by atoms with Crippen molar-refractivity contribution in [3.63, 3.8) is 0 Å². The maximum atomic E-state index is 13.2. The van der Waals surface area contributed by atoms with Crippen LogP contribution in [0.4, 0.5) is 14.9 Å². The van der Waals surface area contributed by atoms with Crippen LogP contribution in [-0.2, 0) is 4.79 Å². The van der Waals surface area contributed by atoms with Gasteiger partial charge in [-0.15, -0.1) is 0 Å². The third-order valence-corrected chi connectivity index (χ3v) is 3.71. The van der Waals surface area contributed by atoms with E-state index < -0.39 is 11.8 Å². The van der Waals surface area contributed by atoms with Crippen LogP contribution < -0.4 is 15.5 Å². The fourth-order valence-corrected chi connectivity index (χ4v) is 2.49. The fraction of sp³-hybridized carbons (Fsp3) is 0.429. The molecule has 3 N–H and O–H groups in total. The molecular formula is C14H17ClFN3O3. The lowest BCUT2D eigenvalue weighted by molar-refractivity contribution is -0.136. The van der Waals surface area contributed by atoms with Crippen molar-refractivity contribution in [1.82, 2.24) is 10.6 Å². The van der Waals surface area contributed by atoms with Crippen molar-refractivity contribution in [2.24, 2.45) is 0 Å². The first-order valence-electron chi connectivity index (χ1n) is 6.92. The largest absolute Gasteiger partial charge is 0.481 e. The molecule has 1 heterocycles. The predicted octanol–water partition coefficient (Wildman–Crippen LogP) is 1.83. The van der Waals surface area contributed by atoms with E-state index in [1.807, 2.05) is 4.90 Å². The Morgan fingerprint density at radius 1 is 1.45 bits per heavy atom. The Bertz CT molecular complexity index is 570. The number of nitrogens with one attached hydrogen (secondary N) is 2. The summed E-state index contributed by atoms with van der Waals surface area (Å²) >= 11 is 5.77. The Balaban J connectivity index is 1.81. The lowest BCUT2D eigenvalue weighted by Gasteiger charge is -2.19. The third-order valence-electron chi connectivity index (χ3n) is 3.42. The number of carboxylic acids is 1. The van der Waals surface area contributed by atoms with Crippen molar-refractivity contribution in [3.05, 3.63) is 29.0 Å². The summed E-state index contributed by atoms with van der Waals surface area (Å²) in [5.74, 6) is -1.42. The van der Waals surface area contributed by atoms with E-state index in [1.54, 1.807) is 12.1 Å². The minimum atomic E-state index is -0.958. The van der Waals surface area contributed by atoms with Crippen LogP contribution in [0.1, 0.15) is 12.8 Å². The summed E-state index contributed by atoms with van der Waals surface area (Å²) in [7, 11) is 0. The van der Waals surface area contributed by atoms with Crippen LogP contribution in [0.3, 0.4) is 0 Å². The number of amides is 2. The van der Waals surface area contributed by atoms with Crippen molar-refractivity contribution >= 4 is 29.3 Å². The molecule has 0 spiro atoms. The van der Waals surface area contributed by atoms with Gasteiger partial charge in [0, 0.05) is 31.4 Å². The van der Waals surface area contributed by atoms with Crippen molar-refractivity contribution in [3.8, 4) is 0 Å². The minimum absolute atomic E-state index is 0.0475. The second-order valence-electron chi connectivity index (χ2n) is 5.07. The van der Waals surface area contributed by atoms with Gasteiger partial charge in [0.15, 0.2) is 0 Å². The Labute approximate surface area is 132 Å². The Morgan fingerprint density at radius 2 is 2.23 bits per heavy atom. The highest BCUT2D eigenvalue weighted by Crippen LogP contribution is 2.25. The van der Waals surface area contributed by atoms with Gasteiger partial charge in [-0.05, 0) is 24.6 Å². The molecule has 0 aliphatic carbocycles. The van der Waals surface area contributed by atoms with Crippen molar-refractivity contribution < 1.29 is 19.1 Å². The molecule has 1 aliphatic heterocycles. The number of carbonyl (C=O) groups is 2. The van der Waals surface area contributed by atoms with Gasteiger partial charge in [0.05, 0.1) is 11.4 Å². The lowest BCUT2D eigenvalue weighted by atomic mass is 10.2. The maximum absolute atomic E-state index is 13.2. The first-order chi connectivity index (χ1) is 10.5. The molecule has 0 aromatic heterocycles. The average Bonchev–Trinajstić information content (AvgIpc) is 2.90. The zero-order valence-electron chi connectivity index (χ0n) is 11.8. The van der Waals surface area contributed by atoms with Gasteiger partial charge in [-0.3, -0.25) is 4.79 Å². The molecule has 1 saturated heterocycles. The molecule has 8 heteroatoms. The summed E-state index contributed by atoms with van der Waals surface area (Å²) in [4.78, 5) is 24.0. The van der Waals surface area contributed by atoms with Crippen LogP contribution in [0.5, 0.6) is 0 Å². The molecule has 1 aliphatic rings. The van der Waals surface area contributed by atoms with E-state index in [9.17, 15) is 14.0 Å². The van der Waals surface area contributed by atoms with Crippen LogP contribution in [-0.4, -0.2) is 42.8 Å². The monoisotopic (exact) mass is 329 g/mol. The normalized spacial score (nSPS) is 17.4. The van der Waals surface area contributed by atoms with Crippen LogP contribution in [0, 0.1) is 5.82 Å². The summed E-state index contributed by atoms with van der Waals surface area (Å²) in [6.45, 7) is 1.40. The zero-order chi connectivity index (χ0) is 16.1. The summed E-state index contributed by atoms with van der Waals surface area (Å²) in [6, 6.07) is 4.10. The fourth-order valence-electron chi connectivity index (χ4n) is 2.31. The third kappa shape index (κ3) is 4.49. The first kappa shape index (κ1) is 16.4. The number of urea groups is 1. The SMILES string of the molecule is O=C(O)CCNC(=O)NC1CCN(c2ccc(F)c(Cl)c2)C1. The molecule has 0 saturated carbocycles. The van der Waals surface area contributed by atoms with Gasteiger partial charge in [-0.25, -0.2) is 9.18 Å². The second kappa shape index (κ2) is 7.31. The molecule has 2 amide bonds. The number of nitrogens with zero attached hydrogens (tertiary/aromatic N) is 1. The van der Waals surface area contributed by atoms with Gasteiger partial charge in [-0.2, -0.15) is 0 Å². The molecule has 0 radical (unpaired) electrons. The van der Waals surface area contributed by atoms with E-state index in [0.29, 0.717) is 6.54 Å². The smallest absolute Gasteiger partial charge is 0.315 e. The molecule has 1 unspecified atom stereocenters. The summed E-state index contributed by atoms with van der Waals surface area (Å²) < 4.78 is 13.2. The predicted molar refractivity (Wildman–Crippen MR) is 80.8 cm³/mol. The maximum Gasteiger partial charge on any atom is 0.315 e. The molecule has 120 valence electrons. The van der Waals surface area contributed by atoms with Gasteiger partial charge in [0.1, 0.15) is 5.82 Å². The first-order valence-corrected chi connectivity index (χ1v) is 7.29. The lowest BCUT2D eigenvalue weighted by Crippen LogP contribution is -2.43. The van der Waals surface area contributed by atoms with Gasteiger partial charge < -0.3 is 20.6 Å². The van der Waals surface area contributed by atoms with Crippen molar-refractivity contribution in [1.29, 1.82) is 0 Å². The number of benzene rings is 1. The molecular weight excluding hydrogens is 313 g/mol. The van der Waals surface area contributed by atoms with Gasteiger partial charge in [0.2, 0.25) is 0 Å². The number of aliphatic carboxylic acids is 1. The molecule has 1 aromatic rings. The van der Waals surface area contributed by atoms with Gasteiger partial charge in [0.25, 0.3) is 0 Å².